The normalized spacial score (nSPS) is 10.7. The van der Waals surface area contributed by atoms with Gasteiger partial charge in [-0.15, -0.1) is 0 Å². The van der Waals surface area contributed by atoms with E-state index < -0.39 is 0 Å². The second kappa shape index (κ2) is 6.46. The molecule has 0 aliphatic carbocycles. The quantitative estimate of drug-likeness (QED) is 0.416. The van der Waals surface area contributed by atoms with Crippen molar-refractivity contribution in [1.29, 1.82) is 0 Å². The van der Waals surface area contributed by atoms with Crippen molar-refractivity contribution in [2.75, 3.05) is 0 Å². The minimum absolute atomic E-state index is 0.0337. The van der Waals surface area contributed by atoms with E-state index in [1.807, 2.05) is 0 Å². The highest BCUT2D eigenvalue weighted by Crippen LogP contribution is 2.33. The minimum atomic E-state index is -0.0337. The summed E-state index contributed by atoms with van der Waals surface area (Å²) < 4.78 is 1.32. The second-order valence-corrected chi connectivity index (χ2v) is 7.52. The van der Waals surface area contributed by atoms with Gasteiger partial charge in [0.25, 0.3) is 0 Å². The molecule has 0 spiro atoms. The van der Waals surface area contributed by atoms with Crippen LogP contribution in [0.1, 0.15) is 0 Å². The zero-order valence-corrected chi connectivity index (χ0v) is 13.8. The molecule has 0 nitrogen and oxygen atoms in total. The van der Waals surface area contributed by atoms with Crippen LogP contribution in [0.4, 0.5) is 0 Å². The molecule has 0 N–H and O–H groups in total. The van der Waals surface area contributed by atoms with Crippen molar-refractivity contribution in [2.45, 2.75) is 14.7 Å². The Hall–Kier alpha value is -1.26. The molecule has 0 aromatic heterocycles. The second-order valence-electron chi connectivity index (χ2n) is 4.36. The smallest absolute Gasteiger partial charge is 0.0619 e. The Morgan fingerprint density at radius 3 is 1.50 bits per heavy atom. The van der Waals surface area contributed by atoms with E-state index in [1.165, 1.54) is 18.3 Å². The SMILES string of the molecule is Ic1ccccc1[S+](c1ccccc1)c1ccccc1. The van der Waals surface area contributed by atoms with Gasteiger partial charge >= 0.3 is 0 Å². The summed E-state index contributed by atoms with van der Waals surface area (Å²) in [4.78, 5) is 4.12. The fourth-order valence-electron chi connectivity index (χ4n) is 2.11. The van der Waals surface area contributed by atoms with Crippen LogP contribution in [-0.4, -0.2) is 0 Å². The van der Waals surface area contributed by atoms with Crippen LogP contribution in [0.2, 0.25) is 0 Å². The lowest BCUT2D eigenvalue weighted by Crippen LogP contribution is -2.06. The Morgan fingerprint density at radius 1 is 0.550 bits per heavy atom. The lowest BCUT2D eigenvalue weighted by molar-refractivity contribution is 1.30. The predicted octanol–water partition coefficient (Wildman–Crippen LogP) is 5.39. The van der Waals surface area contributed by atoms with Crippen molar-refractivity contribution < 1.29 is 0 Å². The van der Waals surface area contributed by atoms with E-state index in [-0.39, 0.29) is 10.9 Å². The Labute approximate surface area is 136 Å². The van der Waals surface area contributed by atoms with E-state index in [1.54, 1.807) is 0 Å². The maximum absolute atomic E-state index is 2.44. The summed E-state index contributed by atoms with van der Waals surface area (Å²) in [7, 11) is -0.0337. The maximum Gasteiger partial charge on any atom is 0.179 e. The minimum Gasteiger partial charge on any atom is -0.0619 e. The van der Waals surface area contributed by atoms with Gasteiger partial charge in [-0.3, -0.25) is 0 Å². The van der Waals surface area contributed by atoms with Crippen molar-refractivity contribution in [1.82, 2.24) is 0 Å². The molecule has 0 fully saturated rings. The largest absolute Gasteiger partial charge is 0.179 e. The van der Waals surface area contributed by atoms with Crippen molar-refractivity contribution in [3.63, 3.8) is 0 Å². The first-order valence-corrected chi connectivity index (χ1v) is 8.75. The van der Waals surface area contributed by atoms with E-state index in [0.29, 0.717) is 0 Å². The van der Waals surface area contributed by atoms with Crippen LogP contribution >= 0.6 is 22.6 Å². The average molecular weight is 389 g/mol. The lowest BCUT2D eigenvalue weighted by Gasteiger charge is -2.09. The van der Waals surface area contributed by atoms with Gasteiger partial charge in [-0.2, -0.15) is 0 Å². The number of halogens is 1. The highest BCUT2D eigenvalue weighted by Gasteiger charge is 2.29. The molecule has 0 bridgehead atoms. The first-order chi connectivity index (χ1) is 9.86. The number of hydrogen-bond donors (Lipinski definition) is 0. The van der Waals surface area contributed by atoms with Gasteiger partial charge in [-0.05, 0) is 59.0 Å². The number of hydrogen-bond acceptors (Lipinski definition) is 0. The molecule has 0 atom stereocenters. The van der Waals surface area contributed by atoms with Crippen LogP contribution < -0.4 is 0 Å². The highest BCUT2D eigenvalue weighted by atomic mass is 127. The summed E-state index contributed by atoms with van der Waals surface area (Å²) in [5, 5.41) is 0. The molecule has 0 saturated carbocycles. The van der Waals surface area contributed by atoms with Crippen molar-refractivity contribution in [2.24, 2.45) is 0 Å². The van der Waals surface area contributed by atoms with Crippen molar-refractivity contribution in [3.05, 3.63) is 88.5 Å². The van der Waals surface area contributed by atoms with Crippen LogP contribution in [0.15, 0.2) is 99.6 Å². The van der Waals surface area contributed by atoms with Crippen LogP contribution in [0, 0.1) is 3.57 Å². The Morgan fingerprint density at radius 2 is 1.00 bits per heavy atom. The Balaban J connectivity index is 2.17. The van der Waals surface area contributed by atoms with Crippen LogP contribution in [0.5, 0.6) is 0 Å². The zero-order valence-electron chi connectivity index (χ0n) is 10.9. The molecule has 0 saturated heterocycles. The predicted molar refractivity (Wildman–Crippen MR) is 94.2 cm³/mol. The number of rotatable bonds is 3. The first-order valence-electron chi connectivity index (χ1n) is 6.45. The summed E-state index contributed by atoms with van der Waals surface area (Å²) in [6, 6.07) is 30.2. The monoisotopic (exact) mass is 389 g/mol. The van der Waals surface area contributed by atoms with E-state index in [2.05, 4.69) is 108 Å². The molecule has 0 heterocycles. The van der Waals surface area contributed by atoms with Gasteiger partial charge in [0.15, 0.2) is 14.7 Å². The fraction of sp³-hybridized carbons (Fsp3) is 0. The number of benzene rings is 3. The zero-order chi connectivity index (χ0) is 13.8. The van der Waals surface area contributed by atoms with Gasteiger partial charge in [0.05, 0.1) is 3.57 Å². The van der Waals surface area contributed by atoms with Gasteiger partial charge in [0.1, 0.15) is 10.9 Å². The molecule has 98 valence electrons. The molecule has 3 rings (SSSR count). The average Bonchev–Trinajstić information content (AvgIpc) is 2.52. The molecule has 20 heavy (non-hydrogen) atoms. The third kappa shape index (κ3) is 2.91. The highest BCUT2D eigenvalue weighted by molar-refractivity contribution is 14.1. The molecule has 0 aliphatic rings. The fourth-order valence-corrected chi connectivity index (χ4v) is 5.28. The van der Waals surface area contributed by atoms with E-state index in [0.717, 1.165) is 0 Å². The topological polar surface area (TPSA) is 0 Å². The molecule has 0 unspecified atom stereocenters. The molecular formula is C18H14IS+. The Kier molecular flexibility index (Phi) is 4.43. The summed E-state index contributed by atoms with van der Waals surface area (Å²) >= 11 is 2.44. The van der Waals surface area contributed by atoms with Gasteiger partial charge in [-0.1, -0.05) is 48.5 Å². The lowest BCUT2D eigenvalue weighted by atomic mass is 10.4. The van der Waals surface area contributed by atoms with Gasteiger partial charge < -0.3 is 0 Å². The molecule has 3 aromatic carbocycles. The summed E-state index contributed by atoms with van der Waals surface area (Å²) in [6.07, 6.45) is 0. The standard InChI is InChI=1S/C18H14IS/c19-17-13-7-8-14-18(17)20(15-9-3-1-4-10-15)16-11-5-2-6-12-16/h1-14H/q+1. The molecule has 0 aliphatic heterocycles. The van der Waals surface area contributed by atoms with Gasteiger partial charge in [0.2, 0.25) is 0 Å². The maximum atomic E-state index is 2.44. The van der Waals surface area contributed by atoms with Gasteiger partial charge in [0, 0.05) is 0 Å². The first kappa shape index (κ1) is 13.7. The van der Waals surface area contributed by atoms with E-state index in [4.69, 9.17) is 0 Å². The van der Waals surface area contributed by atoms with E-state index in [9.17, 15) is 0 Å². The summed E-state index contributed by atoms with van der Waals surface area (Å²) in [5.74, 6) is 0. The van der Waals surface area contributed by atoms with Crippen molar-refractivity contribution in [3.8, 4) is 0 Å². The third-order valence-electron chi connectivity index (χ3n) is 3.01. The molecular weight excluding hydrogens is 375 g/mol. The third-order valence-corrected chi connectivity index (χ3v) is 6.60. The van der Waals surface area contributed by atoms with Crippen LogP contribution in [0.25, 0.3) is 0 Å². The van der Waals surface area contributed by atoms with Crippen molar-refractivity contribution >= 4 is 33.5 Å². The van der Waals surface area contributed by atoms with Gasteiger partial charge in [-0.25, -0.2) is 0 Å². The molecule has 3 aromatic rings. The Bertz CT molecular complexity index is 641. The summed E-state index contributed by atoms with van der Waals surface area (Å²) in [5.41, 5.74) is 0. The molecule has 0 amide bonds. The van der Waals surface area contributed by atoms with E-state index >= 15 is 0 Å². The molecule has 2 heteroatoms. The molecule has 0 radical (unpaired) electrons. The summed E-state index contributed by atoms with van der Waals surface area (Å²) in [6.45, 7) is 0. The van der Waals surface area contributed by atoms with Crippen LogP contribution in [-0.2, 0) is 10.9 Å². The van der Waals surface area contributed by atoms with Crippen LogP contribution in [0.3, 0.4) is 0 Å².